The highest BCUT2D eigenvalue weighted by Crippen LogP contribution is 2.28. The number of anilines is 1. The minimum atomic E-state index is 0. The number of piperidine rings is 2. The van der Waals surface area contributed by atoms with Crippen molar-refractivity contribution in [1.29, 1.82) is 0 Å². The zero-order chi connectivity index (χ0) is 18.6. The first kappa shape index (κ1) is 23.8. The molecule has 162 valence electrons. The number of aromatic nitrogens is 1. The number of carbonyl (C=O) groups is 1. The van der Waals surface area contributed by atoms with Crippen molar-refractivity contribution >= 4 is 47.8 Å². The van der Waals surface area contributed by atoms with Crippen LogP contribution >= 0.6 is 24.8 Å². The summed E-state index contributed by atoms with van der Waals surface area (Å²) in [5.41, 5.74) is 1.72. The first-order chi connectivity index (χ1) is 13.2. The van der Waals surface area contributed by atoms with E-state index in [1.165, 1.54) is 6.42 Å². The predicted molar refractivity (Wildman–Crippen MR) is 121 cm³/mol. The van der Waals surface area contributed by atoms with Gasteiger partial charge < -0.3 is 19.5 Å². The lowest BCUT2D eigenvalue weighted by atomic mass is 9.90. The van der Waals surface area contributed by atoms with Crippen LogP contribution in [0.5, 0.6) is 0 Å². The van der Waals surface area contributed by atoms with Crippen molar-refractivity contribution in [2.24, 2.45) is 11.8 Å². The molecule has 0 bridgehead atoms. The number of oxazole rings is 1. The monoisotopic (exact) mass is 442 g/mol. The molecule has 3 heterocycles. The van der Waals surface area contributed by atoms with Crippen molar-refractivity contribution in [1.82, 2.24) is 15.2 Å². The van der Waals surface area contributed by atoms with E-state index in [0.29, 0.717) is 11.9 Å². The van der Waals surface area contributed by atoms with Crippen LogP contribution in [0, 0.1) is 11.8 Å². The summed E-state index contributed by atoms with van der Waals surface area (Å²) >= 11 is 0. The van der Waals surface area contributed by atoms with E-state index in [-0.39, 0.29) is 30.7 Å². The molecule has 0 radical (unpaired) electrons. The van der Waals surface area contributed by atoms with Crippen LogP contribution in [-0.4, -0.2) is 55.6 Å². The van der Waals surface area contributed by atoms with E-state index < -0.39 is 0 Å². The number of hydrogen-bond acceptors (Lipinski definition) is 5. The number of fused-ring (bicyclic) bond motifs is 1. The largest absolute Gasteiger partial charge is 0.423 e. The standard InChI is InChI=1S/C21H30N4O2.2ClH/c1-22-11-6-16-7-12-24(13-8-16)20(26)17-9-14-25(15-10-17)21-23-18-4-2-3-5-19(18)27-21;;/h2-5,16-17,22H,6-15H2,1H3;2*1H. The molecule has 29 heavy (non-hydrogen) atoms. The smallest absolute Gasteiger partial charge is 0.298 e. The van der Waals surface area contributed by atoms with Gasteiger partial charge >= 0.3 is 0 Å². The Bertz CT molecular complexity index is 736. The molecule has 0 spiro atoms. The number of para-hydroxylation sites is 2. The second-order valence-electron chi connectivity index (χ2n) is 7.89. The van der Waals surface area contributed by atoms with Gasteiger partial charge in [-0.15, -0.1) is 24.8 Å². The molecule has 2 aromatic rings. The Kier molecular flexibility index (Phi) is 9.05. The third kappa shape index (κ3) is 5.56. The van der Waals surface area contributed by atoms with Crippen molar-refractivity contribution in [2.45, 2.75) is 32.1 Å². The molecule has 0 unspecified atom stereocenters. The molecule has 2 aliphatic rings. The Hall–Kier alpha value is -1.50. The number of halogens is 2. The fourth-order valence-electron chi connectivity index (χ4n) is 4.36. The zero-order valence-electron chi connectivity index (χ0n) is 17.0. The number of likely N-dealkylation sites (tertiary alicyclic amines) is 1. The Morgan fingerprint density at radius 3 is 2.45 bits per heavy atom. The summed E-state index contributed by atoms with van der Waals surface area (Å²) in [4.78, 5) is 21.8. The van der Waals surface area contributed by atoms with Gasteiger partial charge in [0.25, 0.3) is 6.01 Å². The zero-order valence-corrected chi connectivity index (χ0v) is 18.6. The Balaban J connectivity index is 0.00000150. The topological polar surface area (TPSA) is 61.6 Å². The Morgan fingerprint density at radius 2 is 1.79 bits per heavy atom. The minimum absolute atomic E-state index is 0. The van der Waals surface area contributed by atoms with Crippen LogP contribution in [0.15, 0.2) is 28.7 Å². The van der Waals surface area contributed by atoms with Gasteiger partial charge in [0.1, 0.15) is 5.52 Å². The van der Waals surface area contributed by atoms with Gasteiger partial charge in [0.2, 0.25) is 5.91 Å². The lowest BCUT2D eigenvalue weighted by Gasteiger charge is -2.37. The summed E-state index contributed by atoms with van der Waals surface area (Å²) in [6.45, 7) is 4.60. The summed E-state index contributed by atoms with van der Waals surface area (Å²) in [6, 6.07) is 8.54. The third-order valence-corrected chi connectivity index (χ3v) is 6.13. The molecular formula is C21H32Cl2N4O2. The Morgan fingerprint density at radius 1 is 1.10 bits per heavy atom. The molecule has 2 saturated heterocycles. The number of amides is 1. The van der Waals surface area contributed by atoms with Gasteiger partial charge in [0.05, 0.1) is 0 Å². The maximum absolute atomic E-state index is 12.9. The van der Waals surface area contributed by atoms with Crippen LogP contribution in [-0.2, 0) is 4.79 Å². The summed E-state index contributed by atoms with van der Waals surface area (Å²) in [5, 5.41) is 3.23. The number of hydrogen-bond donors (Lipinski definition) is 1. The van der Waals surface area contributed by atoms with Gasteiger partial charge in [-0.3, -0.25) is 4.79 Å². The van der Waals surface area contributed by atoms with Crippen molar-refractivity contribution in [3.8, 4) is 0 Å². The van der Waals surface area contributed by atoms with Crippen LogP contribution in [0.1, 0.15) is 32.1 Å². The summed E-state index contributed by atoms with van der Waals surface area (Å²) < 4.78 is 5.88. The molecule has 8 heteroatoms. The molecule has 1 aromatic heterocycles. The minimum Gasteiger partial charge on any atom is -0.423 e. The second-order valence-corrected chi connectivity index (χ2v) is 7.89. The van der Waals surface area contributed by atoms with Gasteiger partial charge in [-0.25, -0.2) is 0 Å². The van der Waals surface area contributed by atoms with E-state index in [1.54, 1.807) is 0 Å². The lowest BCUT2D eigenvalue weighted by Crippen LogP contribution is -2.45. The highest BCUT2D eigenvalue weighted by atomic mass is 35.5. The SMILES string of the molecule is CNCCC1CCN(C(=O)C2CCN(c3nc4ccccc4o3)CC2)CC1.Cl.Cl. The van der Waals surface area contributed by atoms with Crippen LogP contribution in [0.2, 0.25) is 0 Å². The number of nitrogens with zero attached hydrogens (tertiary/aromatic N) is 3. The van der Waals surface area contributed by atoms with Crippen molar-refractivity contribution < 1.29 is 9.21 Å². The van der Waals surface area contributed by atoms with Crippen LogP contribution in [0.25, 0.3) is 11.1 Å². The first-order valence-electron chi connectivity index (χ1n) is 10.3. The molecular weight excluding hydrogens is 411 g/mol. The summed E-state index contributed by atoms with van der Waals surface area (Å²) in [6.07, 6.45) is 5.29. The van der Waals surface area contributed by atoms with E-state index in [0.717, 1.165) is 75.4 Å². The maximum Gasteiger partial charge on any atom is 0.298 e. The molecule has 0 saturated carbocycles. The Labute approximate surface area is 185 Å². The van der Waals surface area contributed by atoms with Gasteiger partial charge in [-0.1, -0.05) is 12.1 Å². The summed E-state index contributed by atoms with van der Waals surface area (Å²) in [7, 11) is 2.01. The highest BCUT2D eigenvalue weighted by Gasteiger charge is 2.31. The highest BCUT2D eigenvalue weighted by molar-refractivity contribution is 5.85. The first-order valence-corrected chi connectivity index (χ1v) is 10.3. The van der Waals surface area contributed by atoms with Gasteiger partial charge in [0.15, 0.2) is 5.58 Å². The quantitative estimate of drug-likeness (QED) is 0.763. The molecule has 1 amide bonds. The fraction of sp³-hybridized carbons (Fsp3) is 0.619. The molecule has 0 aliphatic carbocycles. The number of nitrogens with one attached hydrogen (secondary N) is 1. The van der Waals surface area contributed by atoms with Crippen LogP contribution in [0.4, 0.5) is 6.01 Å². The average Bonchev–Trinajstić information content (AvgIpc) is 3.16. The van der Waals surface area contributed by atoms with E-state index in [9.17, 15) is 4.79 Å². The average molecular weight is 443 g/mol. The molecule has 4 rings (SSSR count). The number of carbonyl (C=O) groups excluding carboxylic acids is 1. The number of rotatable bonds is 5. The predicted octanol–water partition coefficient (Wildman–Crippen LogP) is 3.74. The van der Waals surface area contributed by atoms with Crippen molar-refractivity contribution in [3.05, 3.63) is 24.3 Å². The van der Waals surface area contributed by atoms with Crippen LogP contribution < -0.4 is 10.2 Å². The second kappa shape index (κ2) is 11.0. The van der Waals surface area contributed by atoms with E-state index in [2.05, 4.69) is 20.1 Å². The maximum atomic E-state index is 12.9. The molecule has 2 fully saturated rings. The van der Waals surface area contributed by atoms with Crippen LogP contribution in [0.3, 0.4) is 0 Å². The molecule has 1 aromatic carbocycles. The van der Waals surface area contributed by atoms with Gasteiger partial charge in [-0.2, -0.15) is 4.98 Å². The lowest BCUT2D eigenvalue weighted by molar-refractivity contribution is -0.137. The molecule has 6 nitrogen and oxygen atoms in total. The normalized spacial score (nSPS) is 18.4. The fourth-order valence-corrected chi connectivity index (χ4v) is 4.36. The molecule has 0 atom stereocenters. The van der Waals surface area contributed by atoms with Crippen molar-refractivity contribution in [3.63, 3.8) is 0 Å². The van der Waals surface area contributed by atoms with E-state index in [4.69, 9.17) is 4.42 Å². The third-order valence-electron chi connectivity index (χ3n) is 6.13. The van der Waals surface area contributed by atoms with Gasteiger partial charge in [0, 0.05) is 32.1 Å². The van der Waals surface area contributed by atoms with E-state index >= 15 is 0 Å². The molecule has 2 aliphatic heterocycles. The van der Waals surface area contributed by atoms with Gasteiger partial charge in [-0.05, 0) is 63.7 Å². The van der Waals surface area contributed by atoms with Crippen molar-refractivity contribution in [2.75, 3.05) is 44.7 Å². The molecule has 1 N–H and O–H groups in total. The number of benzene rings is 1. The van der Waals surface area contributed by atoms with E-state index in [1.807, 2.05) is 31.3 Å². The summed E-state index contributed by atoms with van der Waals surface area (Å²) in [5.74, 6) is 1.28.